The van der Waals surface area contributed by atoms with Crippen LogP contribution < -0.4 is 10.2 Å². The number of methoxy groups -OCH3 is 1. The number of hydrogen-bond acceptors (Lipinski definition) is 4. The van der Waals surface area contributed by atoms with Crippen molar-refractivity contribution >= 4 is 5.82 Å². The first-order valence-corrected chi connectivity index (χ1v) is 7.41. The third kappa shape index (κ3) is 4.32. The molecule has 1 aliphatic heterocycles. The fourth-order valence-electron chi connectivity index (χ4n) is 2.35. The van der Waals surface area contributed by atoms with Crippen molar-refractivity contribution in [2.45, 2.75) is 26.3 Å². The second-order valence-corrected chi connectivity index (χ2v) is 5.19. The average Bonchev–Trinajstić information content (AvgIpc) is 2.49. The molecule has 2 heterocycles. The molecule has 0 radical (unpaired) electrons. The number of anilines is 1. The first-order valence-electron chi connectivity index (χ1n) is 7.41. The predicted molar refractivity (Wildman–Crippen MR) is 83.0 cm³/mol. The minimum Gasteiger partial charge on any atom is -0.380 e. The highest BCUT2D eigenvalue weighted by atomic mass is 16.5. The quantitative estimate of drug-likeness (QED) is 0.612. The van der Waals surface area contributed by atoms with E-state index < -0.39 is 0 Å². The van der Waals surface area contributed by atoms with Crippen LogP contribution in [-0.2, 0) is 11.3 Å². The number of rotatable bonds is 7. The zero-order chi connectivity index (χ0) is 14.2. The smallest absolute Gasteiger partial charge is 0.128 e. The Morgan fingerprint density at radius 3 is 2.90 bits per heavy atom. The van der Waals surface area contributed by atoms with Crippen molar-refractivity contribution in [1.29, 1.82) is 0 Å². The zero-order valence-corrected chi connectivity index (χ0v) is 12.6. The molecule has 0 fully saturated rings. The molecule has 1 aromatic rings. The molecule has 0 saturated heterocycles. The van der Waals surface area contributed by atoms with Gasteiger partial charge in [0, 0.05) is 32.9 Å². The fraction of sp³-hybridized carbons (Fsp3) is 0.562. The van der Waals surface area contributed by atoms with E-state index in [9.17, 15) is 0 Å². The lowest BCUT2D eigenvalue weighted by molar-refractivity contribution is 0.222. The third-order valence-corrected chi connectivity index (χ3v) is 3.52. The normalized spacial score (nSPS) is 15.3. The van der Waals surface area contributed by atoms with E-state index in [2.05, 4.69) is 40.3 Å². The van der Waals surface area contributed by atoms with Crippen molar-refractivity contribution in [1.82, 2.24) is 10.3 Å². The van der Waals surface area contributed by atoms with Crippen molar-refractivity contribution < 1.29 is 4.74 Å². The maximum absolute atomic E-state index is 5.18. The summed E-state index contributed by atoms with van der Waals surface area (Å²) < 4.78 is 5.18. The highest BCUT2D eigenvalue weighted by Crippen LogP contribution is 2.17. The molecule has 1 N–H and O–H groups in total. The number of pyridine rings is 1. The summed E-state index contributed by atoms with van der Waals surface area (Å²) in [7, 11) is 1.75. The summed E-state index contributed by atoms with van der Waals surface area (Å²) in [5, 5.41) is 3.39. The Labute approximate surface area is 121 Å². The van der Waals surface area contributed by atoms with Crippen molar-refractivity contribution in [3.8, 4) is 0 Å². The lowest BCUT2D eigenvalue weighted by Crippen LogP contribution is -2.30. The molecule has 0 amide bonds. The summed E-state index contributed by atoms with van der Waals surface area (Å²) in [6.45, 7) is 6.84. The van der Waals surface area contributed by atoms with Gasteiger partial charge in [-0.2, -0.15) is 0 Å². The van der Waals surface area contributed by atoms with E-state index in [0.29, 0.717) is 0 Å². The number of nitrogens with one attached hydrogen (secondary N) is 1. The van der Waals surface area contributed by atoms with Gasteiger partial charge in [0.15, 0.2) is 0 Å². The molecule has 4 heteroatoms. The first-order chi connectivity index (χ1) is 9.83. The fourth-order valence-corrected chi connectivity index (χ4v) is 2.35. The van der Waals surface area contributed by atoms with Gasteiger partial charge in [-0.05, 0) is 36.6 Å². The SMILES string of the molecule is CCCNCc1ccc(N2CC=C(COC)CC2)nc1. The molecule has 1 aliphatic rings. The highest BCUT2D eigenvalue weighted by Gasteiger charge is 2.12. The number of aromatic nitrogens is 1. The molecule has 1 aromatic heterocycles. The van der Waals surface area contributed by atoms with Crippen LogP contribution in [0.5, 0.6) is 0 Å². The van der Waals surface area contributed by atoms with Crippen LogP contribution in [0, 0.1) is 0 Å². The van der Waals surface area contributed by atoms with E-state index >= 15 is 0 Å². The third-order valence-electron chi connectivity index (χ3n) is 3.52. The van der Waals surface area contributed by atoms with Crippen LogP contribution in [0.25, 0.3) is 0 Å². The topological polar surface area (TPSA) is 37.4 Å². The van der Waals surface area contributed by atoms with Gasteiger partial charge in [0.1, 0.15) is 5.82 Å². The second-order valence-electron chi connectivity index (χ2n) is 5.19. The molecule has 20 heavy (non-hydrogen) atoms. The summed E-state index contributed by atoms with van der Waals surface area (Å²) in [5.74, 6) is 1.07. The molecule has 0 bridgehead atoms. The Hall–Kier alpha value is -1.39. The van der Waals surface area contributed by atoms with Crippen LogP contribution in [0.2, 0.25) is 0 Å². The van der Waals surface area contributed by atoms with Crippen molar-refractivity contribution in [2.24, 2.45) is 0 Å². The largest absolute Gasteiger partial charge is 0.380 e. The van der Waals surface area contributed by atoms with E-state index in [4.69, 9.17) is 4.74 Å². The molecule has 0 atom stereocenters. The van der Waals surface area contributed by atoms with Crippen LogP contribution in [0.4, 0.5) is 5.82 Å². The Kier molecular flexibility index (Phi) is 6.02. The van der Waals surface area contributed by atoms with E-state index in [1.165, 1.54) is 11.1 Å². The Morgan fingerprint density at radius 1 is 1.40 bits per heavy atom. The monoisotopic (exact) mass is 275 g/mol. The zero-order valence-electron chi connectivity index (χ0n) is 12.6. The van der Waals surface area contributed by atoms with E-state index in [0.717, 1.165) is 51.4 Å². The summed E-state index contributed by atoms with van der Waals surface area (Å²) in [6.07, 6.45) is 6.46. The minimum absolute atomic E-state index is 0.753. The number of hydrogen-bond donors (Lipinski definition) is 1. The van der Waals surface area contributed by atoms with Gasteiger partial charge in [-0.3, -0.25) is 0 Å². The summed E-state index contributed by atoms with van der Waals surface area (Å²) in [5.41, 5.74) is 2.64. The Bertz CT molecular complexity index is 428. The molecular weight excluding hydrogens is 250 g/mol. The van der Waals surface area contributed by atoms with Crippen LogP contribution in [0.15, 0.2) is 30.0 Å². The number of ether oxygens (including phenoxy) is 1. The summed E-state index contributed by atoms with van der Waals surface area (Å²) >= 11 is 0. The van der Waals surface area contributed by atoms with Gasteiger partial charge in [-0.15, -0.1) is 0 Å². The van der Waals surface area contributed by atoms with E-state index in [1.54, 1.807) is 7.11 Å². The Balaban J connectivity index is 1.87. The second kappa shape index (κ2) is 8.02. The highest BCUT2D eigenvalue weighted by molar-refractivity contribution is 5.42. The van der Waals surface area contributed by atoms with Crippen LogP contribution in [-0.4, -0.2) is 38.3 Å². The predicted octanol–water partition coefficient (Wildman–Crippen LogP) is 2.36. The van der Waals surface area contributed by atoms with E-state index in [1.807, 2.05) is 6.20 Å². The molecule has 0 aromatic carbocycles. The molecule has 0 aliphatic carbocycles. The summed E-state index contributed by atoms with van der Waals surface area (Å²) in [6, 6.07) is 4.29. The molecule has 0 spiro atoms. The van der Waals surface area contributed by atoms with Crippen molar-refractivity contribution in [3.05, 3.63) is 35.5 Å². The first kappa shape index (κ1) is 15.0. The molecule has 0 saturated carbocycles. The maximum Gasteiger partial charge on any atom is 0.128 e. The minimum atomic E-state index is 0.753. The van der Waals surface area contributed by atoms with Gasteiger partial charge in [0.05, 0.1) is 6.61 Å². The van der Waals surface area contributed by atoms with Gasteiger partial charge in [0.2, 0.25) is 0 Å². The van der Waals surface area contributed by atoms with Crippen LogP contribution in [0.3, 0.4) is 0 Å². The standard InChI is InChI=1S/C16H25N3O/c1-3-8-17-11-15-4-5-16(18-12-15)19-9-6-14(7-10-19)13-20-2/h4-6,12,17H,3,7-11,13H2,1-2H3. The van der Waals surface area contributed by atoms with E-state index in [-0.39, 0.29) is 0 Å². The van der Waals surface area contributed by atoms with Gasteiger partial charge < -0.3 is 15.0 Å². The lowest BCUT2D eigenvalue weighted by atomic mass is 10.1. The lowest BCUT2D eigenvalue weighted by Gasteiger charge is -2.27. The molecule has 110 valence electrons. The van der Waals surface area contributed by atoms with Gasteiger partial charge in [0.25, 0.3) is 0 Å². The average molecular weight is 275 g/mol. The maximum atomic E-state index is 5.18. The van der Waals surface area contributed by atoms with Gasteiger partial charge in [-0.25, -0.2) is 4.98 Å². The molecular formula is C16H25N3O. The molecule has 4 nitrogen and oxygen atoms in total. The number of nitrogens with zero attached hydrogens (tertiary/aromatic N) is 2. The molecule has 0 unspecified atom stereocenters. The van der Waals surface area contributed by atoms with Gasteiger partial charge in [-0.1, -0.05) is 19.1 Å². The Morgan fingerprint density at radius 2 is 2.30 bits per heavy atom. The van der Waals surface area contributed by atoms with Crippen molar-refractivity contribution in [3.63, 3.8) is 0 Å². The summed E-state index contributed by atoms with van der Waals surface area (Å²) in [4.78, 5) is 6.89. The molecule has 2 rings (SSSR count). The van der Waals surface area contributed by atoms with Gasteiger partial charge >= 0.3 is 0 Å². The van der Waals surface area contributed by atoms with Crippen LogP contribution in [0.1, 0.15) is 25.3 Å². The van der Waals surface area contributed by atoms with Crippen molar-refractivity contribution in [2.75, 3.05) is 38.3 Å². The van der Waals surface area contributed by atoms with Crippen LogP contribution >= 0.6 is 0 Å².